The maximum absolute atomic E-state index is 11.3. The monoisotopic (exact) mass is 241 g/mol. The third-order valence-electron chi connectivity index (χ3n) is 1.86. The number of rotatable bonds is 8. The number of nitrogens with one attached hydrogen (secondary N) is 1. The lowest BCUT2D eigenvalue weighted by molar-refractivity contribution is -0.141. The molecule has 96 valence electrons. The summed E-state index contributed by atoms with van der Waals surface area (Å²) in [6.07, 6.45) is 0.261. The Balaban J connectivity index is 3.75. The summed E-state index contributed by atoms with van der Waals surface area (Å²) in [6.45, 7) is 9.55. The summed E-state index contributed by atoms with van der Waals surface area (Å²) in [4.78, 5) is 22.3. The summed E-state index contributed by atoms with van der Waals surface area (Å²) in [5.41, 5.74) is 0.614. The van der Waals surface area contributed by atoms with Gasteiger partial charge in [-0.1, -0.05) is 13.2 Å². The number of ether oxygens (including phenoxy) is 2. The second-order valence-electron chi connectivity index (χ2n) is 3.51. The number of carbonyl (C=O) groups excluding carboxylic acids is 2. The number of likely N-dealkylation sites (N-methyl/N-ethyl adjacent to an activating group) is 1. The molecule has 0 unspecified atom stereocenters. The fraction of sp³-hybridized carbons (Fsp3) is 0.500. The van der Waals surface area contributed by atoms with Gasteiger partial charge in [-0.05, 0) is 14.0 Å². The quantitative estimate of drug-likeness (QED) is 0.387. The molecule has 5 heteroatoms. The predicted molar refractivity (Wildman–Crippen MR) is 64.4 cm³/mol. The summed E-state index contributed by atoms with van der Waals surface area (Å²) >= 11 is 0. The molecule has 0 saturated carbocycles. The molecule has 0 heterocycles. The molecule has 17 heavy (non-hydrogen) atoms. The summed E-state index contributed by atoms with van der Waals surface area (Å²) in [5, 5.41) is 2.85. The SMILES string of the molecule is C=C(C)C(=O)OCCC(=C)C(=O)OCCNC. The van der Waals surface area contributed by atoms with Crippen LogP contribution in [0.5, 0.6) is 0 Å². The Bertz CT molecular complexity index is 310. The second kappa shape index (κ2) is 8.52. The summed E-state index contributed by atoms with van der Waals surface area (Å²) in [6, 6.07) is 0. The average molecular weight is 241 g/mol. The predicted octanol–water partition coefficient (Wildman–Crippen LogP) is 0.815. The molecule has 0 aliphatic rings. The smallest absolute Gasteiger partial charge is 0.333 e. The Morgan fingerprint density at radius 2 is 1.71 bits per heavy atom. The Morgan fingerprint density at radius 1 is 1.12 bits per heavy atom. The highest BCUT2D eigenvalue weighted by Crippen LogP contribution is 2.02. The van der Waals surface area contributed by atoms with Gasteiger partial charge in [0.1, 0.15) is 6.61 Å². The number of hydrogen-bond donors (Lipinski definition) is 1. The summed E-state index contributed by atoms with van der Waals surface area (Å²) in [7, 11) is 1.76. The minimum absolute atomic E-state index is 0.103. The largest absolute Gasteiger partial charge is 0.462 e. The summed E-state index contributed by atoms with van der Waals surface area (Å²) < 4.78 is 9.72. The molecule has 0 bridgehead atoms. The van der Waals surface area contributed by atoms with Crippen molar-refractivity contribution in [3.8, 4) is 0 Å². The second-order valence-corrected chi connectivity index (χ2v) is 3.51. The van der Waals surface area contributed by atoms with E-state index in [1.807, 2.05) is 0 Å². The Morgan fingerprint density at radius 3 is 2.24 bits per heavy atom. The first-order chi connectivity index (χ1) is 7.99. The van der Waals surface area contributed by atoms with E-state index >= 15 is 0 Å². The van der Waals surface area contributed by atoms with Gasteiger partial charge in [-0.25, -0.2) is 9.59 Å². The number of carbonyl (C=O) groups is 2. The molecule has 0 rings (SSSR count). The lowest BCUT2D eigenvalue weighted by Crippen LogP contribution is -2.18. The molecule has 0 aliphatic heterocycles. The fourth-order valence-electron chi connectivity index (χ4n) is 0.840. The first-order valence-electron chi connectivity index (χ1n) is 5.31. The number of hydrogen-bond acceptors (Lipinski definition) is 5. The van der Waals surface area contributed by atoms with Gasteiger partial charge in [0, 0.05) is 24.1 Å². The molecular formula is C12H19NO4. The Hall–Kier alpha value is -1.62. The Labute approximate surface area is 101 Å². The van der Waals surface area contributed by atoms with Crippen molar-refractivity contribution in [1.82, 2.24) is 5.32 Å². The highest BCUT2D eigenvalue weighted by molar-refractivity contribution is 5.88. The third-order valence-corrected chi connectivity index (χ3v) is 1.86. The van der Waals surface area contributed by atoms with Crippen LogP contribution in [0.3, 0.4) is 0 Å². The van der Waals surface area contributed by atoms with Gasteiger partial charge in [-0.15, -0.1) is 0 Å². The van der Waals surface area contributed by atoms with E-state index in [4.69, 9.17) is 9.47 Å². The molecule has 0 amide bonds. The first kappa shape index (κ1) is 15.4. The van der Waals surface area contributed by atoms with E-state index in [0.717, 1.165) is 0 Å². The van der Waals surface area contributed by atoms with Gasteiger partial charge in [-0.2, -0.15) is 0 Å². The fourth-order valence-corrected chi connectivity index (χ4v) is 0.840. The van der Waals surface area contributed by atoms with Crippen LogP contribution in [0.25, 0.3) is 0 Å². The van der Waals surface area contributed by atoms with E-state index in [9.17, 15) is 9.59 Å². The van der Waals surface area contributed by atoms with Crippen molar-refractivity contribution in [2.45, 2.75) is 13.3 Å². The molecule has 0 radical (unpaired) electrons. The van der Waals surface area contributed by atoms with E-state index in [-0.39, 0.29) is 18.6 Å². The van der Waals surface area contributed by atoms with Gasteiger partial charge in [0.2, 0.25) is 0 Å². The number of esters is 2. The van der Waals surface area contributed by atoms with Crippen LogP contribution in [-0.4, -0.2) is 38.7 Å². The van der Waals surface area contributed by atoms with Crippen molar-refractivity contribution in [3.05, 3.63) is 24.3 Å². The molecule has 0 aliphatic carbocycles. The van der Waals surface area contributed by atoms with Gasteiger partial charge in [0.05, 0.1) is 6.61 Å². The van der Waals surface area contributed by atoms with Crippen molar-refractivity contribution < 1.29 is 19.1 Å². The van der Waals surface area contributed by atoms with Crippen LogP contribution >= 0.6 is 0 Å². The standard InChI is InChI=1S/C12H19NO4/c1-9(2)11(14)16-7-5-10(3)12(15)17-8-6-13-4/h13H,1,3,5-8H2,2,4H3. The van der Waals surface area contributed by atoms with Gasteiger partial charge >= 0.3 is 11.9 Å². The highest BCUT2D eigenvalue weighted by Gasteiger charge is 2.09. The van der Waals surface area contributed by atoms with Crippen LogP contribution in [0.15, 0.2) is 24.3 Å². The molecule has 1 N–H and O–H groups in total. The Kier molecular flexibility index (Phi) is 7.71. The average Bonchev–Trinajstić information content (AvgIpc) is 2.28. The molecule has 0 spiro atoms. The van der Waals surface area contributed by atoms with Gasteiger partial charge in [0.15, 0.2) is 0 Å². The van der Waals surface area contributed by atoms with Crippen molar-refractivity contribution in [2.24, 2.45) is 0 Å². The van der Waals surface area contributed by atoms with Crippen LogP contribution in [0.2, 0.25) is 0 Å². The molecule has 5 nitrogen and oxygen atoms in total. The van der Waals surface area contributed by atoms with E-state index in [1.54, 1.807) is 14.0 Å². The molecule has 0 aromatic rings. The topological polar surface area (TPSA) is 64.6 Å². The maximum atomic E-state index is 11.3. The normalized spacial score (nSPS) is 9.53. The molecule has 0 fully saturated rings. The van der Waals surface area contributed by atoms with E-state index in [2.05, 4.69) is 18.5 Å². The molecule has 0 aromatic heterocycles. The zero-order valence-corrected chi connectivity index (χ0v) is 10.4. The zero-order chi connectivity index (χ0) is 13.3. The van der Waals surface area contributed by atoms with Crippen LogP contribution < -0.4 is 5.32 Å². The minimum atomic E-state index is -0.471. The van der Waals surface area contributed by atoms with Crippen LogP contribution in [-0.2, 0) is 19.1 Å². The van der Waals surface area contributed by atoms with Crippen LogP contribution in [0.4, 0.5) is 0 Å². The van der Waals surface area contributed by atoms with Gasteiger partial charge in [-0.3, -0.25) is 0 Å². The van der Waals surface area contributed by atoms with Gasteiger partial charge in [0.25, 0.3) is 0 Å². The maximum Gasteiger partial charge on any atom is 0.333 e. The molecule has 0 atom stereocenters. The van der Waals surface area contributed by atoms with Crippen molar-refractivity contribution >= 4 is 11.9 Å². The van der Waals surface area contributed by atoms with Gasteiger partial charge < -0.3 is 14.8 Å². The lowest BCUT2D eigenvalue weighted by atomic mass is 10.2. The molecule has 0 aromatic carbocycles. The van der Waals surface area contributed by atoms with Crippen molar-refractivity contribution in [2.75, 3.05) is 26.8 Å². The zero-order valence-electron chi connectivity index (χ0n) is 10.4. The van der Waals surface area contributed by atoms with Crippen LogP contribution in [0, 0.1) is 0 Å². The minimum Gasteiger partial charge on any atom is -0.462 e. The lowest BCUT2D eigenvalue weighted by Gasteiger charge is -2.07. The van der Waals surface area contributed by atoms with E-state index < -0.39 is 11.9 Å². The summed E-state index contributed by atoms with van der Waals surface area (Å²) in [5.74, 6) is -0.937. The highest BCUT2D eigenvalue weighted by atomic mass is 16.5. The molecular weight excluding hydrogens is 222 g/mol. The van der Waals surface area contributed by atoms with E-state index in [0.29, 0.717) is 18.7 Å². The first-order valence-corrected chi connectivity index (χ1v) is 5.31. The third kappa shape index (κ3) is 7.30. The van der Waals surface area contributed by atoms with Crippen molar-refractivity contribution in [1.29, 1.82) is 0 Å². The van der Waals surface area contributed by atoms with Crippen LogP contribution in [0.1, 0.15) is 13.3 Å². The van der Waals surface area contributed by atoms with Crippen molar-refractivity contribution in [3.63, 3.8) is 0 Å². The van der Waals surface area contributed by atoms with E-state index in [1.165, 1.54) is 0 Å². The molecule has 0 saturated heterocycles.